The lowest BCUT2D eigenvalue weighted by Crippen LogP contribution is -2.36. The van der Waals surface area contributed by atoms with Crippen LogP contribution in [0.25, 0.3) is 0 Å². The minimum Gasteiger partial charge on any atom is -0.496 e. The molecule has 0 aliphatic carbocycles. The number of amidine groups is 1. The largest absolute Gasteiger partial charge is 0.496 e. The van der Waals surface area contributed by atoms with Crippen LogP contribution in [0.4, 0.5) is 0 Å². The average Bonchev–Trinajstić information content (AvgIpc) is 2.46. The van der Waals surface area contributed by atoms with Crippen LogP contribution in [0.5, 0.6) is 5.75 Å². The molecule has 6 heteroatoms. The van der Waals surface area contributed by atoms with Gasteiger partial charge in [-0.3, -0.25) is 0 Å². The molecule has 0 heterocycles. The maximum Gasteiger partial charge on any atom is 0.170 e. The van der Waals surface area contributed by atoms with Crippen molar-refractivity contribution in [2.45, 2.75) is 26.0 Å². The lowest BCUT2D eigenvalue weighted by molar-refractivity contribution is 0.0230. The molecule has 0 bridgehead atoms. The highest BCUT2D eigenvalue weighted by Crippen LogP contribution is 2.20. The van der Waals surface area contributed by atoms with Crippen LogP contribution in [0.3, 0.4) is 0 Å². The summed E-state index contributed by atoms with van der Waals surface area (Å²) in [5.41, 5.74) is 6.94. The van der Waals surface area contributed by atoms with Crippen LogP contribution in [0.1, 0.15) is 25.0 Å². The van der Waals surface area contributed by atoms with Gasteiger partial charge in [0.25, 0.3) is 0 Å². The van der Waals surface area contributed by atoms with E-state index in [1.54, 1.807) is 26.4 Å². The Bertz CT molecular complexity index is 473. The van der Waals surface area contributed by atoms with Gasteiger partial charge >= 0.3 is 0 Å². The predicted octanol–water partition coefficient (Wildman–Crippen LogP) is 1.30. The maximum absolute atomic E-state index is 8.72. The van der Waals surface area contributed by atoms with Crippen molar-refractivity contribution in [3.63, 3.8) is 0 Å². The van der Waals surface area contributed by atoms with Crippen molar-refractivity contribution < 1.29 is 14.7 Å². The van der Waals surface area contributed by atoms with Crippen LogP contribution in [-0.2, 0) is 11.3 Å². The average molecular weight is 281 g/mol. The minimum absolute atomic E-state index is 0.0751. The molecule has 1 aromatic carbocycles. The molecule has 0 saturated carbocycles. The number of benzene rings is 1. The zero-order valence-corrected chi connectivity index (χ0v) is 12.4. The van der Waals surface area contributed by atoms with Gasteiger partial charge in [-0.15, -0.1) is 0 Å². The van der Waals surface area contributed by atoms with Crippen molar-refractivity contribution in [3.8, 4) is 5.75 Å². The molecule has 0 spiro atoms. The highest BCUT2D eigenvalue weighted by molar-refractivity contribution is 5.97. The number of nitrogens with zero attached hydrogens (tertiary/aromatic N) is 1. The SMILES string of the molecule is COc1ccc(/C(N)=N/O)cc1CNCC(C)(C)OC. The molecule has 0 aliphatic rings. The second kappa shape index (κ2) is 7.12. The molecular formula is C14H23N3O3. The van der Waals surface area contributed by atoms with Gasteiger partial charge in [0.2, 0.25) is 0 Å². The van der Waals surface area contributed by atoms with Gasteiger partial charge < -0.3 is 25.7 Å². The van der Waals surface area contributed by atoms with E-state index in [1.165, 1.54) is 0 Å². The van der Waals surface area contributed by atoms with Crippen molar-refractivity contribution in [3.05, 3.63) is 29.3 Å². The molecule has 0 atom stereocenters. The summed E-state index contributed by atoms with van der Waals surface area (Å²) in [6.07, 6.45) is 0. The van der Waals surface area contributed by atoms with Gasteiger partial charge in [-0.25, -0.2) is 0 Å². The summed E-state index contributed by atoms with van der Waals surface area (Å²) < 4.78 is 10.7. The molecule has 0 aromatic heterocycles. The fraction of sp³-hybridized carbons (Fsp3) is 0.500. The summed E-state index contributed by atoms with van der Waals surface area (Å²) >= 11 is 0. The third kappa shape index (κ3) is 4.40. The van der Waals surface area contributed by atoms with E-state index >= 15 is 0 Å². The quantitative estimate of drug-likeness (QED) is 0.303. The van der Waals surface area contributed by atoms with Crippen LogP contribution < -0.4 is 15.8 Å². The van der Waals surface area contributed by atoms with Crippen molar-refractivity contribution in [2.24, 2.45) is 10.9 Å². The van der Waals surface area contributed by atoms with Gasteiger partial charge in [0.05, 0.1) is 12.7 Å². The number of hydrogen-bond acceptors (Lipinski definition) is 5. The van der Waals surface area contributed by atoms with E-state index in [-0.39, 0.29) is 11.4 Å². The van der Waals surface area contributed by atoms with E-state index in [0.29, 0.717) is 18.7 Å². The normalized spacial score (nSPS) is 12.5. The minimum atomic E-state index is -0.240. The molecule has 4 N–H and O–H groups in total. The molecule has 112 valence electrons. The summed E-state index contributed by atoms with van der Waals surface area (Å²) in [4.78, 5) is 0. The summed E-state index contributed by atoms with van der Waals surface area (Å²) in [5, 5.41) is 15.0. The fourth-order valence-corrected chi connectivity index (χ4v) is 1.70. The molecular weight excluding hydrogens is 258 g/mol. The first kappa shape index (κ1) is 16.3. The number of ether oxygens (including phenoxy) is 2. The standard InChI is InChI=1S/C14H23N3O3/c1-14(2,20-4)9-16-8-11-7-10(13(15)17-18)5-6-12(11)19-3/h5-7,16,18H,8-9H2,1-4H3,(H2,15,17). The predicted molar refractivity (Wildman–Crippen MR) is 78.3 cm³/mol. The van der Waals surface area contributed by atoms with Crippen molar-refractivity contribution in [2.75, 3.05) is 20.8 Å². The summed E-state index contributed by atoms with van der Waals surface area (Å²) in [6.45, 7) is 5.30. The Balaban J connectivity index is 2.81. The van der Waals surface area contributed by atoms with Crippen LogP contribution in [0.15, 0.2) is 23.4 Å². The Morgan fingerprint density at radius 1 is 1.40 bits per heavy atom. The van der Waals surface area contributed by atoms with Gasteiger partial charge in [-0.2, -0.15) is 0 Å². The van der Waals surface area contributed by atoms with Gasteiger partial charge in [0, 0.05) is 31.3 Å². The Kier molecular flexibility index (Phi) is 5.79. The van der Waals surface area contributed by atoms with E-state index < -0.39 is 0 Å². The first-order valence-corrected chi connectivity index (χ1v) is 6.34. The number of rotatable bonds is 7. The number of oxime groups is 1. The van der Waals surface area contributed by atoms with E-state index in [2.05, 4.69) is 10.5 Å². The third-order valence-corrected chi connectivity index (χ3v) is 3.10. The summed E-state index contributed by atoms with van der Waals surface area (Å²) in [6, 6.07) is 5.38. The second-order valence-corrected chi connectivity index (χ2v) is 5.08. The molecule has 6 nitrogen and oxygen atoms in total. The zero-order valence-electron chi connectivity index (χ0n) is 12.4. The Morgan fingerprint density at radius 2 is 2.10 bits per heavy atom. The van der Waals surface area contributed by atoms with Gasteiger partial charge in [0.15, 0.2) is 5.84 Å². The monoisotopic (exact) mass is 281 g/mol. The maximum atomic E-state index is 8.72. The van der Waals surface area contributed by atoms with Crippen LogP contribution in [-0.4, -0.2) is 37.4 Å². The van der Waals surface area contributed by atoms with Crippen LogP contribution in [0.2, 0.25) is 0 Å². The number of nitrogens with one attached hydrogen (secondary N) is 1. The smallest absolute Gasteiger partial charge is 0.170 e. The van der Waals surface area contributed by atoms with Gasteiger partial charge in [0.1, 0.15) is 5.75 Å². The summed E-state index contributed by atoms with van der Waals surface area (Å²) in [7, 11) is 3.29. The fourth-order valence-electron chi connectivity index (χ4n) is 1.70. The van der Waals surface area contributed by atoms with Gasteiger partial charge in [-0.1, -0.05) is 5.16 Å². The number of hydrogen-bond donors (Lipinski definition) is 3. The molecule has 20 heavy (non-hydrogen) atoms. The third-order valence-electron chi connectivity index (χ3n) is 3.10. The topological polar surface area (TPSA) is 89.1 Å². The molecule has 0 radical (unpaired) electrons. The van der Waals surface area contributed by atoms with Crippen molar-refractivity contribution >= 4 is 5.84 Å². The van der Waals surface area contributed by atoms with Crippen molar-refractivity contribution in [1.29, 1.82) is 0 Å². The Hall–Kier alpha value is -1.79. The van der Waals surface area contributed by atoms with E-state index in [9.17, 15) is 0 Å². The summed E-state index contributed by atoms with van der Waals surface area (Å²) in [5.74, 6) is 0.827. The molecule has 0 amide bonds. The zero-order chi connectivity index (χ0) is 15.2. The van der Waals surface area contributed by atoms with Crippen LogP contribution in [0, 0.1) is 0 Å². The number of methoxy groups -OCH3 is 2. The molecule has 0 saturated heterocycles. The molecule has 0 fully saturated rings. The van der Waals surface area contributed by atoms with Crippen LogP contribution >= 0.6 is 0 Å². The van der Waals surface area contributed by atoms with E-state index in [1.807, 2.05) is 19.9 Å². The number of nitrogens with two attached hydrogens (primary N) is 1. The molecule has 0 unspecified atom stereocenters. The first-order chi connectivity index (χ1) is 9.43. The van der Waals surface area contributed by atoms with E-state index in [0.717, 1.165) is 11.3 Å². The lowest BCUT2D eigenvalue weighted by atomic mass is 10.1. The highest BCUT2D eigenvalue weighted by atomic mass is 16.5. The van der Waals surface area contributed by atoms with Crippen molar-refractivity contribution in [1.82, 2.24) is 5.32 Å². The Morgan fingerprint density at radius 3 is 2.65 bits per heavy atom. The Labute approximate surface area is 119 Å². The lowest BCUT2D eigenvalue weighted by Gasteiger charge is -2.23. The molecule has 0 aliphatic heterocycles. The highest BCUT2D eigenvalue weighted by Gasteiger charge is 2.16. The molecule has 1 aromatic rings. The van der Waals surface area contributed by atoms with E-state index in [4.69, 9.17) is 20.4 Å². The van der Waals surface area contributed by atoms with Gasteiger partial charge in [-0.05, 0) is 32.0 Å². The second-order valence-electron chi connectivity index (χ2n) is 5.08. The first-order valence-electron chi connectivity index (χ1n) is 6.34. The molecule has 1 rings (SSSR count).